The van der Waals surface area contributed by atoms with Gasteiger partial charge < -0.3 is 4.57 Å². The van der Waals surface area contributed by atoms with E-state index in [-0.39, 0.29) is 17.7 Å². The van der Waals surface area contributed by atoms with Gasteiger partial charge in [0.05, 0.1) is 5.75 Å². The molecule has 0 aromatic carbocycles. The van der Waals surface area contributed by atoms with E-state index >= 15 is 0 Å². The fourth-order valence-electron chi connectivity index (χ4n) is 0.918. The average molecular weight is 225 g/mol. The van der Waals surface area contributed by atoms with Gasteiger partial charge in [-0.1, -0.05) is 11.8 Å². The third kappa shape index (κ3) is 3.25. The summed E-state index contributed by atoms with van der Waals surface area (Å²) in [6.45, 7) is 4.01. The zero-order valence-corrected chi connectivity index (χ0v) is 9.28. The van der Waals surface area contributed by atoms with Gasteiger partial charge in [0.1, 0.15) is 6.33 Å². The van der Waals surface area contributed by atoms with Gasteiger partial charge in [-0.15, -0.1) is 10.2 Å². The molecule has 0 aliphatic rings. The first-order valence-corrected chi connectivity index (χ1v) is 5.34. The minimum absolute atomic E-state index is 0.166. The normalized spacial score (nSPS) is 10.0. The lowest BCUT2D eigenvalue weighted by atomic mass is 10.4. The quantitative estimate of drug-likeness (QED) is 0.459. The standard InChI is InChI=1S/C8H11N5OS/c1-6(2)13-5-11-12-8(13)15-3-7(14)10-4-9/h5-6H,3H2,1-2H3,(H,10,14). The Balaban J connectivity index is 2.54. The topological polar surface area (TPSA) is 83.6 Å². The minimum Gasteiger partial charge on any atom is -0.306 e. The van der Waals surface area contributed by atoms with Crippen molar-refractivity contribution in [1.82, 2.24) is 20.1 Å². The lowest BCUT2D eigenvalue weighted by molar-refractivity contribution is -0.117. The van der Waals surface area contributed by atoms with Gasteiger partial charge in [-0.05, 0) is 13.8 Å². The van der Waals surface area contributed by atoms with E-state index < -0.39 is 0 Å². The molecule has 0 saturated carbocycles. The van der Waals surface area contributed by atoms with Crippen LogP contribution >= 0.6 is 11.8 Å². The van der Waals surface area contributed by atoms with Crippen molar-refractivity contribution < 1.29 is 4.79 Å². The van der Waals surface area contributed by atoms with E-state index in [1.165, 1.54) is 11.8 Å². The highest BCUT2D eigenvalue weighted by atomic mass is 32.2. The average Bonchev–Trinajstić information content (AvgIpc) is 2.63. The number of carbonyl (C=O) groups is 1. The number of hydrogen-bond acceptors (Lipinski definition) is 5. The molecular formula is C8H11N5OS. The minimum atomic E-state index is -0.333. The van der Waals surface area contributed by atoms with E-state index in [2.05, 4.69) is 10.2 Å². The predicted octanol–water partition coefficient (Wildman–Crippen LogP) is 0.548. The molecule has 0 atom stereocenters. The molecule has 7 heteroatoms. The van der Waals surface area contributed by atoms with E-state index in [1.807, 2.05) is 23.7 Å². The highest BCUT2D eigenvalue weighted by Gasteiger charge is 2.09. The van der Waals surface area contributed by atoms with Gasteiger partial charge in [0.15, 0.2) is 11.3 Å². The summed E-state index contributed by atoms with van der Waals surface area (Å²) >= 11 is 1.26. The van der Waals surface area contributed by atoms with Crippen LogP contribution in [0.5, 0.6) is 0 Å². The fourth-order valence-corrected chi connectivity index (χ4v) is 1.76. The fraction of sp³-hybridized carbons (Fsp3) is 0.500. The third-order valence-corrected chi connectivity index (χ3v) is 2.58. The van der Waals surface area contributed by atoms with Gasteiger partial charge in [-0.3, -0.25) is 10.1 Å². The maximum Gasteiger partial charge on any atom is 0.243 e. The molecule has 1 amide bonds. The van der Waals surface area contributed by atoms with Crippen molar-refractivity contribution in [3.8, 4) is 6.19 Å². The lowest BCUT2D eigenvalue weighted by Crippen LogP contribution is -2.19. The van der Waals surface area contributed by atoms with Crippen LogP contribution in [-0.4, -0.2) is 26.4 Å². The van der Waals surface area contributed by atoms with Crippen LogP contribution in [0.2, 0.25) is 0 Å². The van der Waals surface area contributed by atoms with Gasteiger partial charge in [0.2, 0.25) is 5.91 Å². The number of carbonyl (C=O) groups excluding carboxylic acids is 1. The molecule has 1 rings (SSSR count). The molecule has 6 nitrogen and oxygen atoms in total. The molecular weight excluding hydrogens is 214 g/mol. The van der Waals surface area contributed by atoms with E-state index in [0.717, 1.165) is 0 Å². The van der Waals surface area contributed by atoms with E-state index in [9.17, 15) is 4.79 Å². The van der Waals surface area contributed by atoms with Crippen LogP contribution in [0.4, 0.5) is 0 Å². The molecule has 0 saturated heterocycles. The first-order valence-electron chi connectivity index (χ1n) is 4.35. The van der Waals surface area contributed by atoms with Crippen LogP contribution in [0.25, 0.3) is 0 Å². The second-order valence-electron chi connectivity index (χ2n) is 3.06. The monoisotopic (exact) mass is 225 g/mol. The summed E-state index contributed by atoms with van der Waals surface area (Å²) in [5.74, 6) is -0.167. The molecule has 0 aliphatic carbocycles. The SMILES string of the molecule is CC(C)n1cnnc1SCC(=O)NC#N. The molecule has 0 radical (unpaired) electrons. The molecule has 1 aromatic heterocycles. The Morgan fingerprint density at radius 3 is 3.13 bits per heavy atom. The summed E-state index contributed by atoms with van der Waals surface area (Å²) in [6, 6.07) is 0.251. The summed E-state index contributed by atoms with van der Waals surface area (Å²) in [5, 5.41) is 18.6. The highest BCUT2D eigenvalue weighted by Crippen LogP contribution is 2.17. The number of rotatable bonds is 4. The van der Waals surface area contributed by atoms with Gasteiger partial charge in [0, 0.05) is 6.04 Å². The lowest BCUT2D eigenvalue weighted by Gasteiger charge is -2.08. The van der Waals surface area contributed by atoms with E-state index in [4.69, 9.17) is 5.26 Å². The van der Waals surface area contributed by atoms with Gasteiger partial charge >= 0.3 is 0 Å². The Labute approximate surface area is 91.7 Å². The van der Waals surface area contributed by atoms with Crippen LogP contribution in [0.3, 0.4) is 0 Å². The van der Waals surface area contributed by atoms with Crippen molar-refractivity contribution in [3.63, 3.8) is 0 Å². The summed E-state index contributed by atoms with van der Waals surface area (Å²) in [6.07, 6.45) is 3.20. The van der Waals surface area contributed by atoms with Gasteiger partial charge in [0.25, 0.3) is 0 Å². The predicted molar refractivity (Wildman–Crippen MR) is 54.9 cm³/mol. The number of amides is 1. The number of thioether (sulfide) groups is 1. The largest absolute Gasteiger partial charge is 0.306 e. The number of hydrogen-bond donors (Lipinski definition) is 1. The molecule has 1 N–H and O–H groups in total. The van der Waals surface area contributed by atoms with Crippen molar-refractivity contribution in [2.45, 2.75) is 25.0 Å². The highest BCUT2D eigenvalue weighted by molar-refractivity contribution is 7.99. The zero-order valence-electron chi connectivity index (χ0n) is 8.47. The molecule has 80 valence electrons. The first kappa shape index (κ1) is 11.5. The second-order valence-corrected chi connectivity index (χ2v) is 4.01. The van der Waals surface area contributed by atoms with Crippen molar-refractivity contribution in [2.24, 2.45) is 0 Å². The van der Waals surface area contributed by atoms with Gasteiger partial charge in [-0.2, -0.15) is 5.26 Å². The van der Waals surface area contributed by atoms with Crippen LogP contribution in [0.15, 0.2) is 11.5 Å². The summed E-state index contributed by atoms with van der Waals surface area (Å²) in [4.78, 5) is 11.0. The molecule has 0 fully saturated rings. The third-order valence-electron chi connectivity index (χ3n) is 1.62. The van der Waals surface area contributed by atoms with Gasteiger partial charge in [-0.25, -0.2) is 0 Å². The Bertz CT molecular complexity index is 381. The smallest absolute Gasteiger partial charge is 0.243 e. The number of aromatic nitrogens is 3. The van der Waals surface area contributed by atoms with Crippen molar-refractivity contribution in [3.05, 3.63) is 6.33 Å². The van der Waals surface area contributed by atoms with Crippen LogP contribution in [-0.2, 0) is 4.79 Å². The number of nitrogens with zero attached hydrogens (tertiary/aromatic N) is 4. The molecule has 1 heterocycles. The second kappa shape index (κ2) is 5.36. The van der Waals surface area contributed by atoms with E-state index in [0.29, 0.717) is 5.16 Å². The molecule has 0 spiro atoms. The Hall–Kier alpha value is -1.55. The summed E-state index contributed by atoms with van der Waals surface area (Å²) < 4.78 is 1.87. The summed E-state index contributed by atoms with van der Waals surface area (Å²) in [7, 11) is 0. The van der Waals surface area contributed by atoms with Crippen LogP contribution in [0.1, 0.15) is 19.9 Å². The van der Waals surface area contributed by atoms with E-state index in [1.54, 1.807) is 12.5 Å². The maximum absolute atomic E-state index is 11.0. The molecule has 0 unspecified atom stereocenters. The van der Waals surface area contributed by atoms with Crippen molar-refractivity contribution in [1.29, 1.82) is 5.26 Å². The Morgan fingerprint density at radius 1 is 1.80 bits per heavy atom. The molecule has 0 aliphatic heterocycles. The number of nitrogens with one attached hydrogen (secondary N) is 1. The number of nitriles is 1. The van der Waals surface area contributed by atoms with Crippen LogP contribution < -0.4 is 5.32 Å². The molecule has 1 aromatic rings. The first-order chi connectivity index (χ1) is 7.15. The van der Waals surface area contributed by atoms with Crippen molar-refractivity contribution in [2.75, 3.05) is 5.75 Å². The maximum atomic E-state index is 11.0. The zero-order chi connectivity index (χ0) is 11.3. The summed E-state index contributed by atoms with van der Waals surface area (Å²) in [5.41, 5.74) is 0. The Morgan fingerprint density at radius 2 is 2.53 bits per heavy atom. The van der Waals surface area contributed by atoms with Crippen LogP contribution in [0, 0.1) is 11.5 Å². The molecule has 0 bridgehead atoms. The van der Waals surface area contributed by atoms with Crippen molar-refractivity contribution >= 4 is 17.7 Å². The molecule has 15 heavy (non-hydrogen) atoms. The Kier molecular flexibility index (Phi) is 4.12.